The molecule has 11 heteroatoms. The van der Waals surface area contributed by atoms with E-state index in [1.807, 2.05) is 0 Å². The summed E-state index contributed by atoms with van der Waals surface area (Å²) >= 11 is 1.30. The highest BCUT2D eigenvalue weighted by Gasteiger charge is 2.24. The Bertz CT molecular complexity index is 1150. The maximum absolute atomic E-state index is 13.7. The molecule has 0 unspecified atom stereocenters. The second-order valence-corrected chi connectivity index (χ2v) is 7.72. The van der Waals surface area contributed by atoms with Gasteiger partial charge in [-0.15, -0.1) is 0 Å². The Hall–Kier alpha value is -2.76. The first-order valence-electron chi connectivity index (χ1n) is 8.88. The zero-order chi connectivity index (χ0) is 22.1. The van der Waals surface area contributed by atoms with Crippen LogP contribution in [0.25, 0.3) is 16.9 Å². The van der Waals surface area contributed by atoms with Crippen molar-refractivity contribution in [1.82, 2.24) is 24.3 Å². The monoisotopic (exact) mass is 435 g/mol. The highest BCUT2D eigenvalue weighted by atomic mass is 32.2. The molecule has 0 saturated heterocycles. The number of aliphatic hydroxyl groups is 1. The van der Waals surface area contributed by atoms with E-state index in [0.29, 0.717) is 10.9 Å². The first-order chi connectivity index (χ1) is 14.2. The summed E-state index contributed by atoms with van der Waals surface area (Å²) < 4.78 is 26.7. The Morgan fingerprint density at radius 2 is 2.10 bits per heavy atom. The molecule has 0 aliphatic rings. The number of halogens is 1. The van der Waals surface area contributed by atoms with Gasteiger partial charge in [0.1, 0.15) is 22.6 Å². The third-order valence-electron chi connectivity index (χ3n) is 4.13. The molecule has 1 N–H and O–H groups in total. The van der Waals surface area contributed by atoms with Crippen LogP contribution in [0.5, 0.6) is 5.75 Å². The van der Waals surface area contributed by atoms with Gasteiger partial charge in [0.05, 0.1) is 12.2 Å². The molecule has 0 aliphatic heterocycles. The number of hydrogen-bond acceptors (Lipinski definition) is 8. The van der Waals surface area contributed by atoms with Crippen molar-refractivity contribution in [3.8, 4) is 11.6 Å². The minimum Gasteiger partial charge on any atom is -0.467 e. The van der Waals surface area contributed by atoms with Gasteiger partial charge in [-0.3, -0.25) is 4.79 Å². The number of hydrogen-bond donors (Lipinski definition) is 1. The van der Waals surface area contributed by atoms with E-state index < -0.39 is 23.5 Å². The average Bonchev–Trinajstić information content (AvgIpc) is 2.96. The van der Waals surface area contributed by atoms with Gasteiger partial charge in [-0.2, -0.15) is 0 Å². The lowest BCUT2D eigenvalue weighted by Crippen LogP contribution is -2.25. The Morgan fingerprint density at radius 3 is 2.70 bits per heavy atom. The van der Waals surface area contributed by atoms with Crippen molar-refractivity contribution in [2.24, 2.45) is 0 Å². The first kappa shape index (κ1) is 21.9. The van der Waals surface area contributed by atoms with Gasteiger partial charge in [-0.25, -0.2) is 28.7 Å². The van der Waals surface area contributed by atoms with Gasteiger partial charge in [-0.1, -0.05) is 18.3 Å². The molecule has 3 rings (SSSR count). The molecule has 9 nitrogen and oxygen atoms in total. The summed E-state index contributed by atoms with van der Waals surface area (Å²) in [7, 11) is 1.48. The number of ether oxygens (including phenoxy) is 2. The molecule has 30 heavy (non-hydrogen) atoms. The summed E-state index contributed by atoms with van der Waals surface area (Å²) in [5.41, 5.74) is -1.27. The fourth-order valence-corrected chi connectivity index (χ4v) is 3.11. The topological polar surface area (TPSA) is 104 Å². The summed E-state index contributed by atoms with van der Waals surface area (Å²) in [6.45, 7) is 5.97. The third kappa shape index (κ3) is 4.37. The zero-order valence-electron chi connectivity index (χ0n) is 17.0. The molecule has 0 fully saturated rings. The number of fused-ring (bicyclic) bond motifs is 1. The highest BCUT2D eigenvalue weighted by molar-refractivity contribution is 7.98. The van der Waals surface area contributed by atoms with Crippen molar-refractivity contribution in [3.05, 3.63) is 46.8 Å². The normalized spacial score (nSPS) is 11.8. The van der Waals surface area contributed by atoms with Gasteiger partial charge in [0.15, 0.2) is 23.4 Å². The first-order valence-corrected chi connectivity index (χ1v) is 10.1. The molecule has 0 saturated carbocycles. The molecular formula is C19H22FN5O4S. The molecule has 0 amide bonds. The second kappa shape index (κ2) is 8.54. The Balaban J connectivity index is 2.36. The summed E-state index contributed by atoms with van der Waals surface area (Å²) in [6.07, 6.45) is 3.19. The molecule has 0 atom stereocenters. The quantitative estimate of drug-likeness (QED) is 0.327. The predicted molar refractivity (Wildman–Crippen MR) is 111 cm³/mol. The Kier molecular flexibility index (Phi) is 6.25. The van der Waals surface area contributed by atoms with Crippen molar-refractivity contribution >= 4 is 22.8 Å². The van der Waals surface area contributed by atoms with Gasteiger partial charge in [-0.05, 0) is 20.1 Å². The standard InChI is InChI=1S/C19H22FN5O4S/c1-11(20)9-24-17(26)13-8-21-18(30-5)23-16(13)25(24)15-7-12(29-10-28-4)6-14(22-15)19(2,3)27/h6-8,27H,1,9-10H2,2-5H3. The van der Waals surface area contributed by atoms with E-state index in [1.165, 1.54) is 29.8 Å². The Labute approximate surface area is 176 Å². The van der Waals surface area contributed by atoms with E-state index in [-0.39, 0.29) is 29.3 Å². The minimum atomic E-state index is -1.31. The van der Waals surface area contributed by atoms with Crippen molar-refractivity contribution in [2.45, 2.75) is 31.1 Å². The molecule has 0 spiro atoms. The van der Waals surface area contributed by atoms with Crippen molar-refractivity contribution < 1.29 is 19.0 Å². The fourth-order valence-electron chi connectivity index (χ4n) is 2.77. The average molecular weight is 435 g/mol. The third-order valence-corrected chi connectivity index (χ3v) is 4.69. The second-order valence-electron chi connectivity index (χ2n) is 6.94. The smallest absolute Gasteiger partial charge is 0.278 e. The summed E-state index contributed by atoms with van der Waals surface area (Å²) in [5, 5.41) is 11.1. The summed E-state index contributed by atoms with van der Waals surface area (Å²) in [5.74, 6) is -0.161. The van der Waals surface area contributed by atoms with E-state index in [9.17, 15) is 14.3 Å². The van der Waals surface area contributed by atoms with E-state index in [0.717, 1.165) is 4.68 Å². The maximum Gasteiger partial charge on any atom is 0.278 e. The van der Waals surface area contributed by atoms with Crippen LogP contribution in [0.1, 0.15) is 19.5 Å². The van der Waals surface area contributed by atoms with Crippen LogP contribution in [-0.2, 0) is 16.9 Å². The van der Waals surface area contributed by atoms with Crippen LogP contribution in [-0.4, -0.2) is 49.6 Å². The molecule has 3 heterocycles. The van der Waals surface area contributed by atoms with E-state index in [2.05, 4.69) is 21.5 Å². The number of allylic oxidation sites excluding steroid dienone is 1. The van der Waals surface area contributed by atoms with Crippen molar-refractivity contribution in [1.29, 1.82) is 0 Å². The van der Waals surface area contributed by atoms with E-state index >= 15 is 0 Å². The van der Waals surface area contributed by atoms with Gasteiger partial charge in [0, 0.05) is 25.4 Å². The molecule has 3 aromatic heterocycles. The van der Waals surface area contributed by atoms with Crippen LogP contribution in [0.4, 0.5) is 4.39 Å². The van der Waals surface area contributed by atoms with Crippen LogP contribution < -0.4 is 10.3 Å². The molecular weight excluding hydrogens is 413 g/mol. The molecule has 0 aromatic carbocycles. The summed E-state index contributed by atoms with van der Waals surface area (Å²) in [4.78, 5) is 26.0. The van der Waals surface area contributed by atoms with Crippen LogP contribution >= 0.6 is 11.8 Å². The molecule has 160 valence electrons. The number of methoxy groups -OCH3 is 1. The van der Waals surface area contributed by atoms with Gasteiger partial charge < -0.3 is 14.6 Å². The molecule has 0 bridgehead atoms. The number of aromatic nitrogens is 5. The lowest BCUT2D eigenvalue weighted by atomic mass is 10.0. The number of thioether (sulfide) groups is 1. The highest BCUT2D eigenvalue weighted by Crippen LogP contribution is 2.26. The number of pyridine rings is 1. The van der Waals surface area contributed by atoms with Crippen LogP contribution in [0.2, 0.25) is 0 Å². The largest absolute Gasteiger partial charge is 0.467 e. The zero-order valence-corrected chi connectivity index (χ0v) is 17.9. The molecule has 0 radical (unpaired) electrons. The van der Waals surface area contributed by atoms with Gasteiger partial charge >= 0.3 is 0 Å². The van der Waals surface area contributed by atoms with Crippen molar-refractivity contribution in [2.75, 3.05) is 20.2 Å². The molecule has 0 aliphatic carbocycles. The maximum atomic E-state index is 13.7. The van der Waals surface area contributed by atoms with Crippen molar-refractivity contribution in [3.63, 3.8) is 0 Å². The SMILES string of the molecule is C=C(F)Cn1c(=O)c2cnc(SC)nc2n1-c1cc(OCOC)cc(C(C)(C)O)n1. The fraction of sp³-hybridized carbons (Fsp3) is 0.368. The van der Waals surface area contributed by atoms with Crippen LogP contribution in [0.3, 0.4) is 0 Å². The molecule has 3 aromatic rings. The van der Waals surface area contributed by atoms with E-state index in [4.69, 9.17) is 9.47 Å². The lowest BCUT2D eigenvalue weighted by Gasteiger charge is -2.20. The minimum absolute atomic E-state index is 0.0337. The Morgan fingerprint density at radius 1 is 1.37 bits per heavy atom. The van der Waals surface area contributed by atoms with Gasteiger partial charge in [0.25, 0.3) is 5.56 Å². The lowest BCUT2D eigenvalue weighted by molar-refractivity contribution is 0.0491. The predicted octanol–water partition coefficient (Wildman–Crippen LogP) is 2.39. The number of rotatable bonds is 8. The number of nitrogens with zero attached hydrogens (tertiary/aromatic N) is 5. The van der Waals surface area contributed by atoms with Crippen LogP contribution in [0, 0.1) is 0 Å². The van der Waals surface area contributed by atoms with E-state index in [1.54, 1.807) is 32.2 Å². The van der Waals surface area contributed by atoms with Gasteiger partial charge in [0.2, 0.25) is 0 Å². The summed E-state index contributed by atoms with van der Waals surface area (Å²) in [6, 6.07) is 3.11. The van der Waals surface area contributed by atoms with Crippen LogP contribution in [0.15, 0.2) is 40.7 Å².